The Kier molecular flexibility index (Phi) is 10.7. The smallest absolute Gasteiger partial charge is 0.255 e. The van der Waals surface area contributed by atoms with Gasteiger partial charge in [-0.2, -0.15) is 15.6 Å². The van der Waals surface area contributed by atoms with Gasteiger partial charge in [-0.05, 0) is 81.4 Å². The Bertz CT molecular complexity index is 2400. The maximum Gasteiger partial charge on any atom is 0.255 e. The van der Waals surface area contributed by atoms with Gasteiger partial charge in [-0.1, -0.05) is 117 Å². The quantitative estimate of drug-likeness (QED) is 0.121. The lowest BCUT2D eigenvalue weighted by Crippen LogP contribution is -2.40. The molecular weight excluding hydrogens is 683 g/mol. The van der Waals surface area contributed by atoms with E-state index in [0.29, 0.717) is 35.3 Å². The summed E-state index contributed by atoms with van der Waals surface area (Å²) in [6.45, 7) is 4.81. The summed E-state index contributed by atoms with van der Waals surface area (Å²) in [5.74, 6) is 0.412. The first-order chi connectivity index (χ1) is 27.0. The van der Waals surface area contributed by atoms with Crippen LogP contribution in [-0.4, -0.2) is 35.9 Å². The van der Waals surface area contributed by atoms with E-state index in [4.69, 9.17) is 15.6 Å². The number of carbonyl (C=O) groups excluding carboxylic acids is 1. The van der Waals surface area contributed by atoms with Crippen molar-refractivity contribution in [2.45, 2.75) is 51.6 Å². The molecule has 0 atom stereocenters. The summed E-state index contributed by atoms with van der Waals surface area (Å²) in [4.78, 5) is 13.1. The van der Waals surface area contributed by atoms with Crippen molar-refractivity contribution >= 4 is 11.6 Å². The lowest BCUT2D eigenvalue weighted by molar-refractivity contribution is 0.102. The van der Waals surface area contributed by atoms with E-state index in [1.54, 1.807) is 18.2 Å². The summed E-state index contributed by atoms with van der Waals surface area (Å²) in [6.07, 6.45) is 2.05. The molecule has 0 unspecified atom stereocenters. The number of tetrazole rings is 1. The molecule has 0 radical (unpaired) electrons. The van der Waals surface area contributed by atoms with Crippen molar-refractivity contribution in [2.75, 3.05) is 5.32 Å². The molecule has 0 saturated carbocycles. The van der Waals surface area contributed by atoms with Crippen LogP contribution >= 0.6 is 0 Å². The average Bonchev–Trinajstić information content (AvgIpc) is 3.84. The minimum Gasteiger partial charge on any atom is -0.322 e. The number of hydrogen-bond donors (Lipinski definition) is 1. The summed E-state index contributed by atoms with van der Waals surface area (Å²) in [6, 6.07) is 47.8. The molecule has 0 aliphatic carbocycles. The number of nitrogens with zero attached hydrogens (tertiary/aromatic N) is 8. The number of nitrogens with one attached hydrogen (secondary N) is 1. The molecule has 7 aromatic rings. The molecule has 10 heteroatoms. The van der Waals surface area contributed by atoms with Crippen LogP contribution in [0.5, 0.6) is 0 Å². The Morgan fingerprint density at radius 2 is 1.40 bits per heavy atom. The van der Waals surface area contributed by atoms with E-state index in [1.807, 2.05) is 47.1 Å². The van der Waals surface area contributed by atoms with Crippen molar-refractivity contribution in [1.82, 2.24) is 30.0 Å². The zero-order valence-corrected chi connectivity index (χ0v) is 30.7. The highest BCUT2D eigenvalue weighted by Gasteiger charge is 2.41. The fourth-order valence-electron chi connectivity index (χ4n) is 7.39. The van der Waals surface area contributed by atoms with Gasteiger partial charge < -0.3 is 5.32 Å². The number of aromatic nitrogens is 6. The number of hydrogen-bond acceptors (Lipinski definition) is 7. The molecule has 270 valence electrons. The van der Waals surface area contributed by atoms with Crippen LogP contribution in [0.15, 0.2) is 133 Å². The first-order valence-corrected chi connectivity index (χ1v) is 18.3. The fraction of sp³-hybridized carbons (Fsp3) is 0.178. The van der Waals surface area contributed by atoms with Crippen molar-refractivity contribution in [1.29, 1.82) is 10.5 Å². The average molecular weight is 722 g/mol. The molecule has 1 amide bonds. The fourth-order valence-corrected chi connectivity index (χ4v) is 7.39. The zero-order chi connectivity index (χ0) is 38.2. The lowest BCUT2D eigenvalue weighted by Gasteiger charge is -2.36. The van der Waals surface area contributed by atoms with Crippen LogP contribution in [0.3, 0.4) is 0 Å². The molecule has 0 spiro atoms. The van der Waals surface area contributed by atoms with Crippen LogP contribution in [0.25, 0.3) is 0 Å². The second kappa shape index (κ2) is 16.2. The van der Waals surface area contributed by atoms with Crippen molar-refractivity contribution in [3.63, 3.8) is 0 Å². The van der Waals surface area contributed by atoms with Crippen molar-refractivity contribution < 1.29 is 4.79 Å². The molecule has 0 bridgehead atoms. The predicted octanol–water partition coefficient (Wildman–Crippen LogP) is 7.66. The second-order valence-electron chi connectivity index (χ2n) is 13.2. The number of carbonyl (C=O) groups is 1. The lowest BCUT2D eigenvalue weighted by atomic mass is 9.77. The summed E-state index contributed by atoms with van der Waals surface area (Å²) in [5.41, 5.74) is 8.49. The monoisotopic (exact) mass is 721 g/mol. The van der Waals surface area contributed by atoms with Gasteiger partial charge in [0.1, 0.15) is 5.54 Å². The van der Waals surface area contributed by atoms with E-state index >= 15 is 0 Å². The SMILES string of the molecule is CCc1nn(Cc2ccc(NC(=O)c3ccc(C#N)c(CC#N)c3)cc2)c(CC)c1Cc1nnnn1C(c1ccccc1)(c1ccccc1)c1ccccc1. The highest BCUT2D eigenvalue weighted by Crippen LogP contribution is 2.41. The third-order valence-corrected chi connectivity index (χ3v) is 9.98. The highest BCUT2D eigenvalue weighted by atomic mass is 16.1. The first-order valence-electron chi connectivity index (χ1n) is 18.3. The number of anilines is 1. The largest absolute Gasteiger partial charge is 0.322 e. The predicted molar refractivity (Wildman–Crippen MR) is 210 cm³/mol. The van der Waals surface area contributed by atoms with Crippen molar-refractivity contribution in [2.24, 2.45) is 0 Å². The van der Waals surface area contributed by atoms with Crippen LogP contribution in [0.4, 0.5) is 5.69 Å². The topological polar surface area (TPSA) is 138 Å². The second-order valence-corrected chi connectivity index (χ2v) is 13.2. The molecule has 0 fully saturated rings. The van der Waals surface area contributed by atoms with Gasteiger partial charge in [-0.15, -0.1) is 5.10 Å². The van der Waals surface area contributed by atoms with Crippen molar-refractivity contribution in [3.8, 4) is 12.1 Å². The Balaban J connectivity index is 1.19. The number of benzene rings is 5. The molecule has 0 saturated heterocycles. The summed E-state index contributed by atoms with van der Waals surface area (Å²) in [5, 5.41) is 40.2. The van der Waals surface area contributed by atoms with Gasteiger partial charge >= 0.3 is 0 Å². The number of amides is 1. The third-order valence-electron chi connectivity index (χ3n) is 9.98. The number of rotatable bonds is 13. The number of nitriles is 2. The Hall–Kier alpha value is -7.17. The maximum atomic E-state index is 13.1. The summed E-state index contributed by atoms with van der Waals surface area (Å²) >= 11 is 0. The molecular formula is C45H39N9O. The Morgan fingerprint density at radius 3 is 1.95 bits per heavy atom. The molecule has 7 rings (SSSR count). The van der Waals surface area contributed by atoms with Gasteiger partial charge in [0, 0.05) is 28.9 Å². The van der Waals surface area contributed by atoms with E-state index in [-0.39, 0.29) is 12.3 Å². The van der Waals surface area contributed by atoms with Crippen LogP contribution < -0.4 is 5.32 Å². The summed E-state index contributed by atoms with van der Waals surface area (Å²) in [7, 11) is 0. The minimum atomic E-state index is -0.840. The standard InChI is InChI=1S/C45H39N9O/c1-3-41-40(29-43-49-51-52-54(43)45(36-14-8-5-9-15-36,37-16-10-6-11-17-37)38-18-12-7-13-19-38)42(4-2)53(50-41)31-32-20-24-39(25-21-32)48-44(55)34-22-23-35(30-47)33(28-34)26-27-46/h5-25,28H,3-4,26,29,31H2,1-2H3,(H,48,55). The molecule has 0 aliphatic rings. The van der Waals surface area contributed by atoms with Gasteiger partial charge in [0.15, 0.2) is 5.82 Å². The minimum absolute atomic E-state index is 0.0558. The third kappa shape index (κ3) is 7.14. The Labute approximate surface area is 320 Å². The van der Waals surface area contributed by atoms with E-state index in [2.05, 4.69) is 119 Å². The number of aryl methyl sites for hydroxylation is 1. The zero-order valence-electron chi connectivity index (χ0n) is 30.7. The van der Waals surface area contributed by atoms with Gasteiger partial charge in [-0.25, -0.2) is 4.68 Å². The molecule has 2 aromatic heterocycles. The van der Waals surface area contributed by atoms with Crippen LogP contribution in [0.2, 0.25) is 0 Å². The van der Waals surface area contributed by atoms with E-state index < -0.39 is 5.54 Å². The van der Waals surface area contributed by atoms with Crippen molar-refractivity contribution in [3.05, 3.63) is 195 Å². The van der Waals surface area contributed by atoms with Gasteiger partial charge in [0.05, 0.1) is 36.4 Å². The van der Waals surface area contributed by atoms with Crippen LogP contribution in [0.1, 0.15) is 80.4 Å². The van der Waals surface area contributed by atoms with E-state index in [9.17, 15) is 10.1 Å². The molecule has 2 heterocycles. The van der Waals surface area contributed by atoms with Gasteiger partial charge in [-0.3, -0.25) is 9.48 Å². The Morgan fingerprint density at radius 1 is 0.782 bits per heavy atom. The van der Waals surface area contributed by atoms with E-state index in [1.165, 1.54) is 0 Å². The van der Waals surface area contributed by atoms with Gasteiger partial charge in [0.2, 0.25) is 0 Å². The molecule has 10 nitrogen and oxygen atoms in total. The highest BCUT2D eigenvalue weighted by molar-refractivity contribution is 6.04. The van der Waals surface area contributed by atoms with Crippen LogP contribution in [0, 0.1) is 22.7 Å². The summed E-state index contributed by atoms with van der Waals surface area (Å²) < 4.78 is 4.06. The molecule has 5 aromatic carbocycles. The maximum absolute atomic E-state index is 13.1. The normalized spacial score (nSPS) is 11.1. The molecule has 55 heavy (non-hydrogen) atoms. The van der Waals surface area contributed by atoms with Gasteiger partial charge in [0.25, 0.3) is 5.91 Å². The molecule has 0 aliphatic heterocycles. The van der Waals surface area contributed by atoms with Crippen LogP contribution in [-0.2, 0) is 37.8 Å². The van der Waals surface area contributed by atoms with E-state index in [0.717, 1.165) is 57.9 Å². The first kappa shape index (κ1) is 36.2. The molecule has 1 N–H and O–H groups in total.